The molecule has 0 radical (unpaired) electrons. The Bertz CT molecular complexity index is 975. The number of nitrogens with one attached hydrogen (secondary N) is 1. The van der Waals surface area contributed by atoms with Gasteiger partial charge in [-0.25, -0.2) is 4.98 Å². The molecule has 1 amide bonds. The van der Waals surface area contributed by atoms with Crippen molar-refractivity contribution in [3.05, 3.63) is 57.1 Å². The zero-order chi connectivity index (χ0) is 20.3. The maximum atomic E-state index is 12.2. The molecule has 1 aromatic carbocycles. The molecule has 0 aliphatic heterocycles. The summed E-state index contributed by atoms with van der Waals surface area (Å²) in [7, 11) is 0. The van der Waals surface area contributed by atoms with E-state index in [1.807, 2.05) is 39.8 Å². The van der Waals surface area contributed by atoms with E-state index in [1.54, 1.807) is 6.20 Å². The molecule has 0 unspecified atom stereocenters. The van der Waals surface area contributed by atoms with Crippen LogP contribution in [0.3, 0.4) is 0 Å². The highest BCUT2D eigenvalue weighted by atomic mass is 35.5. The van der Waals surface area contributed by atoms with Crippen LogP contribution in [0.2, 0.25) is 5.02 Å². The molecule has 2 aromatic heterocycles. The van der Waals surface area contributed by atoms with Gasteiger partial charge in [-0.05, 0) is 24.1 Å². The monoisotopic (exact) mass is 418 g/mol. The predicted octanol–water partition coefficient (Wildman–Crippen LogP) is 4.95. The summed E-state index contributed by atoms with van der Waals surface area (Å²) in [5.74, 6) is 0.981. The number of aryl methyl sites for hydroxylation is 2. The summed E-state index contributed by atoms with van der Waals surface area (Å²) in [6.45, 7) is 8.02. The van der Waals surface area contributed by atoms with Gasteiger partial charge in [0, 0.05) is 40.8 Å². The van der Waals surface area contributed by atoms with Crippen LogP contribution in [0.15, 0.2) is 28.9 Å². The van der Waals surface area contributed by atoms with E-state index in [0.29, 0.717) is 23.3 Å². The van der Waals surface area contributed by atoms with Crippen molar-refractivity contribution in [2.75, 3.05) is 5.32 Å². The van der Waals surface area contributed by atoms with Crippen molar-refractivity contribution in [2.45, 2.75) is 52.4 Å². The van der Waals surface area contributed by atoms with E-state index in [9.17, 15) is 4.79 Å². The van der Waals surface area contributed by atoms with E-state index in [1.165, 1.54) is 11.3 Å². The van der Waals surface area contributed by atoms with E-state index in [2.05, 4.69) is 26.5 Å². The smallest absolute Gasteiger partial charge is 0.227 e. The molecule has 0 aliphatic rings. The first-order valence-electron chi connectivity index (χ1n) is 9.03. The van der Waals surface area contributed by atoms with Gasteiger partial charge in [0.05, 0.1) is 0 Å². The van der Waals surface area contributed by atoms with Crippen LogP contribution in [-0.4, -0.2) is 21.0 Å². The molecular weight excluding hydrogens is 396 g/mol. The lowest BCUT2D eigenvalue weighted by Gasteiger charge is -2.10. The minimum atomic E-state index is -0.178. The molecule has 0 fully saturated rings. The normalized spacial score (nSPS) is 11.6. The summed E-state index contributed by atoms with van der Waals surface area (Å²) in [4.78, 5) is 21.9. The third-order valence-corrected chi connectivity index (χ3v) is 5.44. The van der Waals surface area contributed by atoms with Gasteiger partial charge in [-0.2, -0.15) is 4.98 Å². The molecule has 148 valence electrons. The van der Waals surface area contributed by atoms with Gasteiger partial charge in [0.25, 0.3) is 0 Å². The average molecular weight is 419 g/mol. The van der Waals surface area contributed by atoms with Crippen LogP contribution in [0.25, 0.3) is 0 Å². The van der Waals surface area contributed by atoms with Gasteiger partial charge in [0.15, 0.2) is 11.0 Å². The number of amides is 1. The van der Waals surface area contributed by atoms with Crippen molar-refractivity contribution in [1.82, 2.24) is 15.1 Å². The molecular formula is C20H23ClN4O2S. The fraction of sp³-hybridized carbons (Fsp3) is 0.400. The largest absolute Gasteiger partial charge is 0.339 e. The van der Waals surface area contributed by atoms with Crippen molar-refractivity contribution in [3.8, 4) is 0 Å². The number of hydrogen-bond donors (Lipinski definition) is 1. The number of rotatable bonds is 6. The van der Waals surface area contributed by atoms with E-state index >= 15 is 0 Å². The summed E-state index contributed by atoms with van der Waals surface area (Å²) in [6, 6.07) is 6.02. The number of aromatic nitrogens is 3. The summed E-state index contributed by atoms with van der Waals surface area (Å²) >= 11 is 7.64. The van der Waals surface area contributed by atoms with Crippen molar-refractivity contribution in [2.24, 2.45) is 0 Å². The summed E-state index contributed by atoms with van der Waals surface area (Å²) < 4.78 is 5.22. The van der Waals surface area contributed by atoms with Crippen LogP contribution in [0, 0.1) is 6.92 Å². The topological polar surface area (TPSA) is 80.9 Å². The highest BCUT2D eigenvalue weighted by molar-refractivity contribution is 7.15. The Morgan fingerprint density at radius 2 is 2.11 bits per heavy atom. The first-order chi connectivity index (χ1) is 13.2. The minimum Gasteiger partial charge on any atom is -0.339 e. The van der Waals surface area contributed by atoms with Gasteiger partial charge in [-0.15, -0.1) is 11.3 Å². The van der Waals surface area contributed by atoms with Crippen LogP contribution >= 0.6 is 22.9 Å². The molecule has 1 N–H and O–H groups in total. The van der Waals surface area contributed by atoms with E-state index in [0.717, 1.165) is 27.4 Å². The Labute approximate surface area is 173 Å². The van der Waals surface area contributed by atoms with E-state index < -0.39 is 0 Å². The minimum absolute atomic E-state index is 0.130. The van der Waals surface area contributed by atoms with E-state index in [4.69, 9.17) is 16.1 Å². The number of anilines is 1. The molecule has 0 bridgehead atoms. The van der Waals surface area contributed by atoms with Gasteiger partial charge in [0.1, 0.15) is 0 Å². The lowest BCUT2D eigenvalue weighted by atomic mass is 9.96. The summed E-state index contributed by atoms with van der Waals surface area (Å²) in [6.07, 6.45) is 3.16. The number of thiazole rings is 1. The van der Waals surface area contributed by atoms with Crippen LogP contribution in [0.4, 0.5) is 5.13 Å². The standard InChI is InChI=1S/C20H23ClN4O2S/c1-12-5-6-13(10-15(12)21)9-14-11-22-19(28-14)23-16(26)7-8-17-24-18(25-27-17)20(2,3)4/h5-6,10-11H,7-9H2,1-4H3,(H,22,23,26). The van der Waals surface area contributed by atoms with Crippen molar-refractivity contribution >= 4 is 34.0 Å². The van der Waals surface area contributed by atoms with Crippen molar-refractivity contribution in [3.63, 3.8) is 0 Å². The second-order valence-electron chi connectivity index (χ2n) is 7.70. The average Bonchev–Trinajstić information content (AvgIpc) is 3.26. The third-order valence-electron chi connectivity index (χ3n) is 4.12. The molecule has 6 nitrogen and oxygen atoms in total. The maximum Gasteiger partial charge on any atom is 0.227 e. The zero-order valence-electron chi connectivity index (χ0n) is 16.4. The Hall–Kier alpha value is -2.25. The van der Waals surface area contributed by atoms with Crippen molar-refractivity contribution < 1.29 is 9.32 Å². The highest BCUT2D eigenvalue weighted by Gasteiger charge is 2.21. The van der Waals surface area contributed by atoms with Crippen molar-refractivity contribution in [1.29, 1.82) is 0 Å². The molecule has 2 heterocycles. The Balaban J connectivity index is 1.52. The fourth-order valence-corrected chi connectivity index (χ4v) is 3.52. The van der Waals surface area contributed by atoms with Gasteiger partial charge < -0.3 is 9.84 Å². The van der Waals surface area contributed by atoms with Gasteiger partial charge >= 0.3 is 0 Å². The quantitative estimate of drug-likeness (QED) is 0.612. The first kappa shape index (κ1) is 20.5. The second-order valence-corrected chi connectivity index (χ2v) is 9.22. The zero-order valence-corrected chi connectivity index (χ0v) is 17.9. The maximum absolute atomic E-state index is 12.2. The molecule has 0 spiro atoms. The molecule has 8 heteroatoms. The molecule has 0 atom stereocenters. The molecule has 28 heavy (non-hydrogen) atoms. The molecule has 3 aromatic rings. The second kappa shape index (κ2) is 8.41. The SMILES string of the molecule is Cc1ccc(Cc2cnc(NC(=O)CCc3nc(C(C)(C)C)no3)s2)cc1Cl. The fourth-order valence-electron chi connectivity index (χ4n) is 2.46. The number of carbonyl (C=O) groups is 1. The van der Waals surface area contributed by atoms with E-state index in [-0.39, 0.29) is 17.7 Å². The van der Waals surface area contributed by atoms with Gasteiger partial charge in [-0.3, -0.25) is 4.79 Å². The van der Waals surface area contributed by atoms with Gasteiger partial charge in [0.2, 0.25) is 11.8 Å². The molecule has 0 saturated heterocycles. The van der Waals surface area contributed by atoms with Crippen LogP contribution in [0.5, 0.6) is 0 Å². The number of hydrogen-bond acceptors (Lipinski definition) is 6. The summed E-state index contributed by atoms with van der Waals surface area (Å²) in [5, 5.41) is 8.13. The third kappa shape index (κ3) is 5.39. The molecule has 3 rings (SSSR count). The lowest BCUT2D eigenvalue weighted by molar-refractivity contribution is -0.116. The Morgan fingerprint density at radius 1 is 1.32 bits per heavy atom. The Kier molecular flexibility index (Phi) is 6.15. The first-order valence-corrected chi connectivity index (χ1v) is 10.2. The molecule has 0 aliphatic carbocycles. The Morgan fingerprint density at radius 3 is 2.79 bits per heavy atom. The van der Waals surface area contributed by atoms with Gasteiger partial charge in [-0.1, -0.05) is 49.7 Å². The predicted molar refractivity (Wildman–Crippen MR) is 111 cm³/mol. The number of benzene rings is 1. The van der Waals surface area contributed by atoms with Crippen LogP contribution < -0.4 is 5.32 Å². The lowest BCUT2D eigenvalue weighted by Crippen LogP contribution is -2.14. The number of carbonyl (C=O) groups excluding carboxylic acids is 1. The van der Waals surface area contributed by atoms with Crippen LogP contribution in [0.1, 0.15) is 54.9 Å². The number of halogens is 1. The summed E-state index contributed by atoms with van der Waals surface area (Å²) in [5.41, 5.74) is 1.99. The van der Waals surface area contributed by atoms with Crippen LogP contribution in [-0.2, 0) is 23.1 Å². The molecule has 0 saturated carbocycles. The number of nitrogens with zero attached hydrogens (tertiary/aromatic N) is 3. The highest BCUT2D eigenvalue weighted by Crippen LogP contribution is 2.24.